The minimum absolute atomic E-state index is 0.347. The predicted octanol–water partition coefficient (Wildman–Crippen LogP) is 9.98. The van der Waals surface area contributed by atoms with Gasteiger partial charge in [-0.15, -0.1) is 0 Å². The first-order chi connectivity index (χ1) is 14.3. The van der Waals surface area contributed by atoms with Gasteiger partial charge in [-0.05, 0) is 18.8 Å². The summed E-state index contributed by atoms with van der Waals surface area (Å²) >= 11 is 0. The molecule has 0 aromatic rings. The van der Waals surface area contributed by atoms with Gasteiger partial charge in [0.2, 0.25) is 0 Å². The molecular weight excluding hydrogens is 352 g/mol. The monoisotopic (exact) mass is 406 g/mol. The quantitative estimate of drug-likeness (QED) is 0.129. The van der Waals surface area contributed by atoms with Gasteiger partial charge in [0.05, 0.1) is 12.1 Å². The van der Waals surface area contributed by atoms with Crippen molar-refractivity contribution in [2.45, 2.75) is 162 Å². The summed E-state index contributed by atoms with van der Waals surface area (Å²) in [4.78, 5) is 4.44. The molecule has 0 bridgehead atoms. The number of nitrogens with one attached hydrogen (secondary N) is 1. The average Bonchev–Trinajstić information content (AvgIpc) is 2.72. The lowest BCUT2D eigenvalue weighted by Gasteiger charge is -2.21. The maximum atomic E-state index is 7.38. The van der Waals surface area contributed by atoms with Crippen LogP contribution in [-0.4, -0.2) is 12.1 Å². The molecule has 0 fully saturated rings. The summed E-state index contributed by atoms with van der Waals surface area (Å²) in [5.74, 6) is 0.810. The normalized spacial score (nSPS) is 13.2. The second-order valence-corrected chi connectivity index (χ2v) is 9.31. The lowest BCUT2D eigenvalue weighted by atomic mass is 9.87. The summed E-state index contributed by atoms with van der Waals surface area (Å²) in [7, 11) is 0. The number of hydrogen-bond acceptors (Lipinski definition) is 2. The van der Waals surface area contributed by atoms with Gasteiger partial charge >= 0.3 is 0 Å². The summed E-state index contributed by atoms with van der Waals surface area (Å²) < 4.78 is 0. The number of aliphatic imine (C=N–C) groups is 1. The molecule has 0 saturated carbocycles. The van der Waals surface area contributed by atoms with Crippen LogP contribution in [0, 0.1) is 11.3 Å². The Balaban J connectivity index is 4.32. The highest BCUT2D eigenvalue weighted by molar-refractivity contribution is 5.36. The van der Waals surface area contributed by atoms with Gasteiger partial charge in [-0.1, -0.05) is 143 Å². The molecule has 0 amide bonds. The van der Waals surface area contributed by atoms with Crippen molar-refractivity contribution in [2.24, 2.45) is 10.9 Å². The third-order valence-electron chi connectivity index (χ3n) is 6.43. The molecule has 0 rings (SSSR count). The van der Waals surface area contributed by atoms with Crippen molar-refractivity contribution in [1.29, 1.82) is 5.41 Å². The number of nitrogens with zero attached hydrogens (tertiary/aromatic N) is 1. The zero-order valence-corrected chi connectivity index (χ0v) is 20.5. The fourth-order valence-corrected chi connectivity index (χ4v) is 4.50. The molecule has 0 saturated heterocycles. The van der Waals surface area contributed by atoms with Crippen molar-refractivity contribution >= 4 is 6.01 Å². The Kier molecular flexibility index (Phi) is 23.2. The van der Waals surface area contributed by atoms with Crippen LogP contribution in [0.15, 0.2) is 4.99 Å². The van der Waals surface area contributed by atoms with Crippen molar-refractivity contribution in [3.05, 3.63) is 0 Å². The molecule has 2 unspecified atom stereocenters. The van der Waals surface area contributed by atoms with E-state index in [0.29, 0.717) is 6.04 Å². The van der Waals surface area contributed by atoms with Crippen LogP contribution in [0.2, 0.25) is 0 Å². The van der Waals surface area contributed by atoms with Crippen LogP contribution < -0.4 is 0 Å². The molecule has 0 aliphatic rings. The van der Waals surface area contributed by atoms with Gasteiger partial charge in [0.15, 0.2) is 0 Å². The topological polar surface area (TPSA) is 36.2 Å². The average molecular weight is 407 g/mol. The smallest absolute Gasteiger partial charge is 0.0864 e. The number of rotatable bonds is 23. The van der Waals surface area contributed by atoms with Crippen LogP contribution in [0.25, 0.3) is 0 Å². The molecule has 2 heteroatoms. The highest BCUT2D eigenvalue weighted by Crippen LogP contribution is 2.26. The van der Waals surface area contributed by atoms with E-state index in [0.717, 1.165) is 5.92 Å². The maximum absolute atomic E-state index is 7.38. The standard InChI is InChI=1S/C27H54N2/c1-4-7-10-13-16-19-22-26(21-18-15-12-9-6-3)24-27(29-25-28)23-20-17-14-11-8-5-2/h26-28H,4-24H2,1-3H3. The van der Waals surface area contributed by atoms with Crippen LogP contribution in [-0.2, 0) is 0 Å². The molecule has 0 aliphatic heterocycles. The van der Waals surface area contributed by atoms with Crippen LogP contribution in [0.1, 0.15) is 156 Å². The van der Waals surface area contributed by atoms with Crippen LogP contribution in [0.4, 0.5) is 0 Å². The van der Waals surface area contributed by atoms with E-state index in [-0.39, 0.29) is 0 Å². The first-order valence-electron chi connectivity index (χ1n) is 13.4. The molecule has 172 valence electrons. The highest BCUT2D eigenvalue weighted by atomic mass is 14.8. The molecule has 0 aromatic heterocycles. The van der Waals surface area contributed by atoms with E-state index >= 15 is 0 Å². The van der Waals surface area contributed by atoms with Crippen LogP contribution in [0.3, 0.4) is 0 Å². The first kappa shape index (κ1) is 28.4. The zero-order valence-electron chi connectivity index (χ0n) is 20.5. The maximum Gasteiger partial charge on any atom is 0.0864 e. The fourth-order valence-electron chi connectivity index (χ4n) is 4.50. The van der Waals surface area contributed by atoms with Crippen molar-refractivity contribution < 1.29 is 0 Å². The van der Waals surface area contributed by atoms with Gasteiger partial charge in [-0.3, -0.25) is 0 Å². The molecule has 0 radical (unpaired) electrons. The van der Waals surface area contributed by atoms with E-state index in [1.807, 2.05) is 0 Å². The van der Waals surface area contributed by atoms with E-state index in [9.17, 15) is 0 Å². The van der Waals surface area contributed by atoms with Crippen molar-refractivity contribution in [3.63, 3.8) is 0 Å². The molecule has 1 N–H and O–H groups in total. The Bertz CT molecular complexity index is 360. The van der Waals surface area contributed by atoms with Crippen molar-refractivity contribution in [2.75, 3.05) is 0 Å². The minimum atomic E-state index is 0.347. The van der Waals surface area contributed by atoms with Gasteiger partial charge in [-0.25, -0.2) is 10.4 Å². The van der Waals surface area contributed by atoms with E-state index in [4.69, 9.17) is 5.41 Å². The van der Waals surface area contributed by atoms with Gasteiger partial charge in [-0.2, -0.15) is 0 Å². The van der Waals surface area contributed by atoms with Crippen molar-refractivity contribution in [1.82, 2.24) is 0 Å². The lowest BCUT2D eigenvalue weighted by molar-refractivity contribution is 0.344. The third-order valence-corrected chi connectivity index (χ3v) is 6.43. The highest BCUT2D eigenvalue weighted by Gasteiger charge is 2.16. The molecule has 0 aromatic carbocycles. The lowest BCUT2D eigenvalue weighted by Crippen LogP contribution is -2.13. The van der Waals surface area contributed by atoms with Crippen molar-refractivity contribution in [3.8, 4) is 0 Å². The Morgan fingerprint density at radius 3 is 1.34 bits per heavy atom. The largest absolute Gasteiger partial charge is 0.242 e. The molecule has 29 heavy (non-hydrogen) atoms. The van der Waals surface area contributed by atoms with E-state index in [2.05, 4.69) is 31.8 Å². The second kappa shape index (κ2) is 23.7. The van der Waals surface area contributed by atoms with Crippen LogP contribution >= 0.6 is 0 Å². The molecular formula is C27H54N2. The summed E-state index contributed by atoms with van der Waals surface area (Å²) in [6.45, 7) is 6.87. The van der Waals surface area contributed by atoms with Crippen LogP contribution in [0.5, 0.6) is 0 Å². The van der Waals surface area contributed by atoms with E-state index < -0.39 is 0 Å². The molecule has 0 spiro atoms. The zero-order chi connectivity index (χ0) is 21.4. The summed E-state index contributed by atoms with van der Waals surface area (Å²) in [5, 5.41) is 7.38. The van der Waals surface area contributed by atoms with Gasteiger partial charge in [0, 0.05) is 0 Å². The van der Waals surface area contributed by atoms with E-state index in [1.54, 1.807) is 0 Å². The Hall–Kier alpha value is -0.620. The third kappa shape index (κ3) is 20.4. The van der Waals surface area contributed by atoms with Gasteiger partial charge in [0.1, 0.15) is 0 Å². The SMILES string of the molecule is CCCCCCCCC(CCCCCCC)CC(CCCCCCCC)N=C=N. The summed E-state index contributed by atoms with van der Waals surface area (Å²) in [6, 6.07) is 2.73. The minimum Gasteiger partial charge on any atom is -0.242 e. The van der Waals surface area contributed by atoms with Gasteiger partial charge in [0.25, 0.3) is 0 Å². The van der Waals surface area contributed by atoms with Gasteiger partial charge < -0.3 is 0 Å². The predicted molar refractivity (Wildman–Crippen MR) is 131 cm³/mol. The summed E-state index contributed by atoms with van der Waals surface area (Å²) in [6.07, 6.45) is 28.4. The molecule has 2 atom stereocenters. The van der Waals surface area contributed by atoms with E-state index in [1.165, 1.54) is 135 Å². The molecule has 0 aliphatic carbocycles. The Labute approximate surface area is 184 Å². The molecule has 0 heterocycles. The second-order valence-electron chi connectivity index (χ2n) is 9.31. The first-order valence-corrected chi connectivity index (χ1v) is 13.4. The number of hydrogen-bond donors (Lipinski definition) is 1. The summed E-state index contributed by atoms with van der Waals surface area (Å²) in [5.41, 5.74) is 0. The fraction of sp³-hybridized carbons (Fsp3) is 0.963. The Morgan fingerprint density at radius 1 is 0.552 bits per heavy atom. The Morgan fingerprint density at radius 2 is 0.931 bits per heavy atom. The number of unbranched alkanes of at least 4 members (excludes halogenated alkanes) is 14. The molecule has 2 nitrogen and oxygen atoms in total.